The molecule has 1 rings (SSSR count). The van der Waals surface area contributed by atoms with Crippen molar-refractivity contribution in [2.24, 2.45) is 5.92 Å². The van der Waals surface area contributed by atoms with Gasteiger partial charge >= 0.3 is 83.3 Å². The van der Waals surface area contributed by atoms with Gasteiger partial charge in [0.15, 0.2) is 0 Å². The van der Waals surface area contributed by atoms with Gasteiger partial charge in [0.1, 0.15) is 0 Å². The molecule has 1 aromatic rings. The molecule has 0 N–H and O–H groups in total. The third-order valence-corrected chi connectivity index (χ3v) is 4.80. The molecule has 0 fully saturated rings. The molecule has 0 atom stereocenters. The van der Waals surface area contributed by atoms with Gasteiger partial charge in [0.25, 0.3) is 0 Å². The number of carbonyl (C=O) groups is 1. The Hall–Kier alpha value is -0.320. The number of benzene rings is 1. The summed E-state index contributed by atoms with van der Waals surface area (Å²) in [4.78, 5) is 11.4. The van der Waals surface area contributed by atoms with E-state index in [0.717, 1.165) is 0 Å². The topological polar surface area (TPSA) is 17.1 Å². The molecule has 0 saturated heterocycles. The van der Waals surface area contributed by atoms with Crippen molar-refractivity contribution in [3.63, 3.8) is 0 Å². The van der Waals surface area contributed by atoms with E-state index in [1.807, 2.05) is 44.2 Å². The molecule has 2 heteroatoms. The van der Waals surface area contributed by atoms with Gasteiger partial charge in [0.05, 0.1) is 0 Å². The van der Waals surface area contributed by atoms with E-state index < -0.39 is 20.9 Å². The van der Waals surface area contributed by atoms with Gasteiger partial charge in [0, 0.05) is 0 Å². The van der Waals surface area contributed by atoms with Crippen molar-refractivity contribution in [1.29, 1.82) is 0 Å². The molecule has 0 aliphatic rings. The molecule has 0 saturated carbocycles. The van der Waals surface area contributed by atoms with Crippen molar-refractivity contribution in [2.45, 2.75) is 13.8 Å². The summed E-state index contributed by atoms with van der Waals surface area (Å²) in [5.74, 6) is 0.201. The van der Waals surface area contributed by atoms with Crippen LogP contribution in [0.5, 0.6) is 0 Å². The molecule has 12 heavy (non-hydrogen) atoms. The van der Waals surface area contributed by atoms with Gasteiger partial charge in [-0.15, -0.1) is 0 Å². The Kier molecular flexibility index (Phi) is 3.78. The van der Waals surface area contributed by atoms with Crippen LogP contribution in [0, 0.1) is 5.92 Å². The fraction of sp³-hybridized carbons (Fsp3) is 0.300. The summed E-state index contributed by atoms with van der Waals surface area (Å²) >= 11 is -0.594. The summed E-state index contributed by atoms with van der Waals surface area (Å²) in [6.07, 6.45) is 0. The van der Waals surface area contributed by atoms with Gasteiger partial charge in [0.2, 0.25) is 0 Å². The fourth-order valence-corrected chi connectivity index (χ4v) is 2.90. The first-order valence-corrected chi connectivity index (χ1v) is 6.30. The molecule has 0 aliphatic heterocycles. The Bertz CT molecular complexity index is 254. The minimum absolute atomic E-state index is 0.201. The molecule has 0 aromatic heterocycles. The van der Waals surface area contributed by atoms with Crippen LogP contribution >= 0.6 is 0 Å². The van der Waals surface area contributed by atoms with Gasteiger partial charge in [-0.1, -0.05) is 0 Å². The Morgan fingerprint density at radius 1 is 1.25 bits per heavy atom. The second kappa shape index (κ2) is 4.64. The summed E-state index contributed by atoms with van der Waals surface area (Å²) in [7, 11) is 0. The number of hydrogen-bond donors (Lipinski definition) is 0. The summed E-state index contributed by atoms with van der Waals surface area (Å²) in [6.45, 7) is 3.94. The number of hydrogen-bond acceptors (Lipinski definition) is 1. The quantitative estimate of drug-likeness (QED) is 0.758. The van der Waals surface area contributed by atoms with E-state index in [1.165, 1.54) is 3.61 Å². The Balaban J connectivity index is 2.59. The third kappa shape index (κ3) is 2.97. The minimum atomic E-state index is -0.594. The second-order valence-electron chi connectivity index (χ2n) is 2.89. The van der Waals surface area contributed by atoms with Crippen LogP contribution in [0.4, 0.5) is 0 Å². The summed E-state index contributed by atoms with van der Waals surface area (Å²) < 4.78 is 1.67. The van der Waals surface area contributed by atoms with Gasteiger partial charge in [-0.2, -0.15) is 0 Å². The summed E-state index contributed by atoms with van der Waals surface area (Å²) in [6, 6.07) is 10.1. The van der Waals surface area contributed by atoms with Crippen LogP contribution in [-0.2, 0) is 4.79 Å². The molecule has 0 unspecified atom stereocenters. The van der Waals surface area contributed by atoms with E-state index in [9.17, 15) is 4.79 Å². The maximum atomic E-state index is 11.4. The van der Waals surface area contributed by atoms with Crippen LogP contribution in [0.15, 0.2) is 30.3 Å². The first-order chi connectivity index (χ1) is 5.70. The van der Waals surface area contributed by atoms with Crippen LogP contribution in [-0.4, -0.2) is 24.8 Å². The molecule has 64 valence electrons. The van der Waals surface area contributed by atoms with E-state index in [2.05, 4.69) is 0 Å². The molecule has 0 amide bonds. The molecule has 0 spiro atoms. The van der Waals surface area contributed by atoms with Crippen molar-refractivity contribution in [3.05, 3.63) is 30.3 Å². The standard InChI is InChI=1S/C10H12OTe/c1-8(2)10(11)12-9-6-4-3-5-7-9/h3-8H,1-2H3. The maximum absolute atomic E-state index is 11.4. The van der Waals surface area contributed by atoms with E-state index in [4.69, 9.17) is 0 Å². The number of carbonyl (C=O) groups excluding carboxylic acids is 1. The normalized spacial score (nSPS) is 10.2. The van der Waals surface area contributed by atoms with Crippen molar-refractivity contribution in [1.82, 2.24) is 0 Å². The molecule has 1 nitrogen and oxygen atoms in total. The molecular weight excluding hydrogens is 264 g/mol. The Morgan fingerprint density at radius 3 is 2.33 bits per heavy atom. The van der Waals surface area contributed by atoms with E-state index in [1.54, 1.807) is 0 Å². The zero-order chi connectivity index (χ0) is 8.97. The van der Waals surface area contributed by atoms with Crippen molar-refractivity contribution < 1.29 is 4.79 Å². The van der Waals surface area contributed by atoms with E-state index in [-0.39, 0.29) is 5.92 Å². The summed E-state index contributed by atoms with van der Waals surface area (Å²) in [5, 5.41) is 0. The van der Waals surface area contributed by atoms with Gasteiger partial charge in [-0.3, -0.25) is 0 Å². The van der Waals surface area contributed by atoms with Crippen LogP contribution < -0.4 is 3.61 Å². The Labute approximate surface area is 83.3 Å². The average Bonchev–Trinajstić information content (AvgIpc) is 2.06. The van der Waals surface area contributed by atoms with Crippen molar-refractivity contribution >= 4 is 28.4 Å². The van der Waals surface area contributed by atoms with Gasteiger partial charge < -0.3 is 0 Å². The molecule has 0 radical (unpaired) electrons. The van der Waals surface area contributed by atoms with Gasteiger partial charge in [-0.25, -0.2) is 0 Å². The Morgan fingerprint density at radius 2 is 1.83 bits per heavy atom. The molecule has 0 bridgehead atoms. The van der Waals surface area contributed by atoms with Crippen LogP contribution in [0.25, 0.3) is 0 Å². The van der Waals surface area contributed by atoms with Crippen LogP contribution in [0.1, 0.15) is 13.8 Å². The SMILES string of the molecule is CC(C)C(=O)[Te]c1ccccc1. The first kappa shape index (κ1) is 9.77. The monoisotopic (exact) mass is 278 g/mol. The second-order valence-corrected chi connectivity index (χ2v) is 5.97. The average molecular weight is 276 g/mol. The molecular formula is C10H12OTe. The predicted octanol–water partition coefficient (Wildman–Crippen LogP) is 1.20. The summed E-state index contributed by atoms with van der Waals surface area (Å²) in [5.41, 5.74) is 0. The zero-order valence-corrected chi connectivity index (χ0v) is 9.61. The van der Waals surface area contributed by atoms with E-state index in [0.29, 0.717) is 3.83 Å². The van der Waals surface area contributed by atoms with Gasteiger partial charge in [-0.05, 0) is 0 Å². The fourth-order valence-electron chi connectivity index (χ4n) is 0.723. The zero-order valence-electron chi connectivity index (χ0n) is 7.28. The molecule has 1 aromatic carbocycles. The molecule has 0 heterocycles. The van der Waals surface area contributed by atoms with Crippen molar-refractivity contribution in [2.75, 3.05) is 0 Å². The van der Waals surface area contributed by atoms with E-state index >= 15 is 0 Å². The van der Waals surface area contributed by atoms with Crippen LogP contribution in [0.3, 0.4) is 0 Å². The third-order valence-electron chi connectivity index (χ3n) is 1.43. The van der Waals surface area contributed by atoms with Crippen LogP contribution in [0.2, 0.25) is 0 Å². The molecule has 0 aliphatic carbocycles. The first-order valence-electron chi connectivity index (χ1n) is 3.97. The number of rotatable bonds is 3. The van der Waals surface area contributed by atoms with Crippen molar-refractivity contribution in [3.8, 4) is 0 Å². The predicted molar refractivity (Wildman–Crippen MR) is 51.7 cm³/mol.